The molecule has 136 valence electrons. The maximum absolute atomic E-state index is 12.6. The maximum Gasteiger partial charge on any atom is 0.420 e. The van der Waals surface area contributed by atoms with Gasteiger partial charge in [0.05, 0.1) is 17.4 Å². The van der Waals surface area contributed by atoms with Crippen LogP contribution in [0.5, 0.6) is 0 Å². The molecule has 0 atom stereocenters. The number of nitrogens with zero attached hydrogens (tertiary/aromatic N) is 4. The molecule has 0 radical (unpaired) electrons. The van der Waals surface area contributed by atoms with E-state index >= 15 is 0 Å². The minimum atomic E-state index is -0.533. The van der Waals surface area contributed by atoms with Crippen molar-refractivity contribution in [3.63, 3.8) is 0 Å². The Labute approximate surface area is 155 Å². The molecule has 0 fully saturated rings. The molecule has 4 rings (SSSR count). The average Bonchev–Trinajstić information content (AvgIpc) is 3.27. The SMILES string of the molecule is CN(Cc1cnn(-c2ccccc2)c1)C(=O)Cn1c(=O)oc2ccccc21. The summed E-state index contributed by atoms with van der Waals surface area (Å²) in [5.74, 6) is -0.717. The Kier molecular flexibility index (Phi) is 4.33. The molecule has 0 saturated heterocycles. The summed E-state index contributed by atoms with van der Waals surface area (Å²) in [5.41, 5.74) is 2.94. The predicted octanol–water partition coefficient (Wildman–Crippen LogP) is 2.44. The molecule has 7 heteroatoms. The molecule has 27 heavy (non-hydrogen) atoms. The van der Waals surface area contributed by atoms with Crippen LogP contribution in [0.3, 0.4) is 0 Å². The fourth-order valence-corrected chi connectivity index (χ4v) is 2.95. The van der Waals surface area contributed by atoms with Gasteiger partial charge in [-0.1, -0.05) is 30.3 Å². The van der Waals surface area contributed by atoms with Crippen LogP contribution in [0.25, 0.3) is 16.8 Å². The van der Waals surface area contributed by atoms with Crippen molar-refractivity contribution in [1.29, 1.82) is 0 Å². The molecule has 1 amide bonds. The summed E-state index contributed by atoms with van der Waals surface area (Å²) in [7, 11) is 1.70. The van der Waals surface area contributed by atoms with E-state index in [2.05, 4.69) is 5.10 Å². The molecule has 0 N–H and O–H groups in total. The number of hydrogen-bond donors (Lipinski definition) is 0. The second-order valence-electron chi connectivity index (χ2n) is 6.30. The summed E-state index contributed by atoms with van der Waals surface area (Å²) in [4.78, 5) is 26.2. The zero-order chi connectivity index (χ0) is 18.8. The molecular formula is C20H18N4O3. The van der Waals surface area contributed by atoms with Crippen LogP contribution in [0.2, 0.25) is 0 Å². The van der Waals surface area contributed by atoms with E-state index in [9.17, 15) is 9.59 Å². The number of para-hydroxylation sites is 3. The van der Waals surface area contributed by atoms with Gasteiger partial charge in [0.15, 0.2) is 5.58 Å². The number of likely N-dealkylation sites (N-methyl/N-ethyl adjacent to an activating group) is 1. The van der Waals surface area contributed by atoms with Crippen LogP contribution in [-0.2, 0) is 17.9 Å². The Morgan fingerprint density at radius 3 is 2.67 bits per heavy atom. The van der Waals surface area contributed by atoms with Gasteiger partial charge in [-0.3, -0.25) is 9.36 Å². The predicted molar refractivity (Wildman–Crippen MR) is 101 cm³/mol. The summed E-state index contributed by atoms with van der Waals surface area (Å²) < 4.78 is 8.29. The Hall–Kier alpha value is -3.61. The van der Waals surface area contributed by atoms with Crippen LogP contribution in [0, 0.1) is 0 Å². The maximum atomic E-state index is 12.6. The van der Waals surface area contributed by atoms with Crippen molar-refractivity contribution in [1.82, 2.24) is 19.2 Å². The lowest BCUT2D eigenvalue weighted by molar-refractivity contribution is -0.131. The van der Waals surface area contributed by atoms with E-state index in [1.165, 1.54) is 4.57 Å². The van der Waals surface area contributed by atoms with Gasteiger partial charge in [-0.15, -0.1) is 0 Å². The molecule has 0 spiro atoms. The van der Waals surface area contributed by atoms with Gasteiger partial charge in [-0.05, 0) is 24.3 Å². The van der Waals surface area contributed by atoms with E-state index in [1.54, 1.807) is 47.1 Å². The Morgan fingerprint density at radius 2 is 1.85 bits per heavy atom. The standard InChI is InChI=1S/C20H18N4O3/c1-22(12-15-11-21-24(13-15)16-7-3-2-4-8-16)19(25)14-23-17-9-5-6-10-18(17)27-20(23)26/h2-11,13H,12,14H2,1H3. The van der Waals surface area contributed by atoms with Crippen LogP contribution < -0.4 is 5.76 Å². The van der Waals surface area contributed by atoms with Gasteiger partial charge in [-0.2, -0.15) is 5.10 Å². The highest BCUT2D eigenvalue weighted by molar-refractivity contribution is 5.79. The largest absolute Gasteiger partial charge is 0.420 e. The fourth-order valence-electron chi connectivity index (χ4n) is 2.95. The monoisotopic (exact) mass is 362 g/mol. The molecule has 0 aliphatic heterocycles. The third-order valence-electron chi connectivity index (χ3n) is 4.37. The summed E-state index contributed by atoms with van der Waals surface area (Å²) in [6.45, 7) is 0.329. The average molecular weight is 362 g/mol. The molecule has 2 aromatic heterocycles. The molecule has 2 heterocycles. The second kappa shape index (κ2) is 6.95. The first-order valence-corrected chi connectivity index (χ1v) is 8.53. The topological polar surface area (TPSA) is 73.3 Å². The lowest BCUT2D eigenvalue weighted by Gasteiger charge is -2.16. The molecule has 0 bridgehead atoms. The van der Waals surface area contributed by atoms with E-state index in [0.29, 0.717) is 17.6 Å². The van der Waals surface area contributed by atoms with E-state index in [0.717, 1.165) is 11.3 Å². The van der Waals surface area contributed by atoms with Crippen molar-refractivity contribution in [2.24, 2.45) is 0 Å². The molecule has 0 aliphatic rings. The highest BCUT2D eigenvalue weighted by atomic mass is 16.4. The zero-order valence-corrected chi connectivity index (χ0v) is 14.8. The van der Waals surface area contributed by atoms with Gasteiger partial charge in [-0.25, -0.2) is 9.48 Å². The number of aromatic nitrogens is 3. The summed E-state index contributed by atoms with van der Waals surface area (Å²) in [6, 6.07) is 16.8. The fraction of sp³-hybridized carbons (Fsp3) is 0.150. The van der Waals surface area contributed by atoms with Crippen LogP contribution in [-0.4, -0.2) is 32.2 Å². The van der Waals surface area contributed by atoms with Gasteiger partial charge in [0.1, 0.15) is 6.54 Å². The third kappa shape index (κ3) is 3.39. The summed E-state index contributed by atoms with van der Waals surface area (Å²) in [5, 5.41) is 4.34. The molecule has 2 aromatic carbocycles. The number of benzene rings is 2. The first kappa shape index (κ1) is 16.8. The molecular weight excluding hydrogens is 344 g/mol. The minimum Gasteiger partial charge on any atom is -0.408 e. The van der Waals surface area contributed by atoms with Gasteiger partial charge < -0.3 is 9.32 Å². The number of carbonyl (C=O) groups is 1. The molecule has 0 unspecified atom stereocenters. The highest BCUT2D eigenvalue weighted by Gasteiger charge is 2.16. The van der Waals surface area contributed by atoms with E-state index in [-0.39, 0.29) is 12.5 Å². The summed E-state index contributed by atoms with van der Waals surface area (Å²) in [6.07, 6.45) is 3.62. The van der Waals surface area contributed by atoms with Crippen LogP contribution >= 0.6 is 0 Å². The second-order valence-corrected chi connectivity index (χ2v) is 6.30. The Balaban J connectivity index is 1.48. The molecule has 0 aliphatic carbocycles. The van der Waals surface area contributed by atoms with Crippen molar-refractivity contribution >= 4 is 17.0 Å². The first-order valence-electron chi connectivity index (χ1n) is 8.53. The number of oxazole rings is 1. The Bertz CT molecular complexity index is 1140. The normalized spacial score (nSPS) is 11.0. The molecule has 4 aromatic rings. The third-order valence-corrected chi connectivity index (χ3v) is 4.37. The first-order chi connectivity index (χ1) is 13.1. The van der Waals surface area contributed by atoms with Crippen molar-refractivity contribution in [3.05, 3.63) is 83.1 Å². The van der Waals surface area contributed by atoms with Gasteiger partial charge in [0.25, 0.3) is 0 Å². The number of fused-ring (bicyclic) bond motifs is 1. The smallest absolute Gasteiger partial charge is 0.408 e. The van der Waals surface area contributed by atoms with E-state index in [1.807, 2.05) is 36.5 Å². The number of amides is 1. The number of rotatable bonds is 5. The van der Waals surface area contributed by atoms with Gasteiger partial charge in [0.2, 0.25) is 5.91 Å². The molecule has 0 saturated carbocycles. The van der Waals surface area contributed by atoms with Crippen LogP contribution in [0.1, 0.15) is 5.56 Å². The lowest BCUT2D eigenvalue weighted by atomic mass is 10.3. The van der Waals surface area contributed by atoms with Crippen LogP contribution in [0.15, 0.2) is 76.2 Å². The van der Waals surface area contributed by atoms with E-state index in [4.69, 9.17) is 4.42 Å². The van der Waals surface area contributed by atoms with Crippen molar-refractivity contribution in [2.75, 3.05) is 7.05 Å². The number of hydrogen-bond acceptors (Lipinski definition) is 4. The van der Waals surface area contributed by atoms with Crippen molar-refractivity contribution in [3.8, 4) is 5.69 Å². The quantitative estimate of drug-likeness (QED) is 0.547. The minimum absolute atomic E-state index is 0.0703. The summed E-state index contributed by atoms with van der Waals surface area (Å²) >= 11 is 0. The van der Waals surface area contributed by atoms with Crippen LogP contribution in [0.4, 0.5) is 0 Å². The molecule has 7 nitrogen and oxygen atoms in total. The Morgan fingerprint density at radius 1 is 1.11 bits per heavy atom. The van der Waals surface area contributed by atoms with Gasteiger partial charge in [0, 0.05) is 25.4 Å². The lowest BCUT2D eigenvalue weighted by Crippen LogP contribution is -2.32. The zero-order valence-electron chi connectivity index (χ0n) is 14.8. The highest BCUT2D eigenvalue weighted by Crippen LogP contribution is 2.13. The van der Waals surface area contributed by atoms with E-state index < -0.39 is 5.76 Å². The van der Waals surface area contributed by atoms with Crippen molar-refractivity contribution in [2.45, 2.75) is 13.1 Å². The number of carbonyl (C=O) groups excluding carboxylic acids is 1. The van der Waals surface area contributed by atoms with Crippen molar-refractivity contribution < 1.29 is 9.21 Å². The van der Waals surface area contributed by atoms with Gasteiger partial charge >= 0.3 is 5.76 Å².